The Morgan fingerprint density at radius 3 is 1.23 bits per heavy atom. The summed E-state index contributed by atoms with van der Waals surface area (Å²) < 4.78 is 0. The molecule has 0 unspecified atom stereocenters. The fourth-order valence-electron chi connectivity index (χ4n) is 7.10. The van der Waals surface area contributed by atoms with Crippen LogP contribution >= 0.6 is 0 Å². The van der Waals surface area contributed by atoms with Crippen LogP contribution in [0.3, 0.4) is 0 Å². The molecule has 0 N–H and O–H groups in total. The molecule has 0 aliphatic heterocycles. The maximum Gasteiger partial charge on any atom is 0.164 e. The van der Waals surface area contributed by atoms with Crippen LogP contribution in [0, 0.1) is 0 Å². The van der Waals surface area contributed by atoms with E-state index in [4.69, 9.17) is 15.0 Å². The molecule has 0 amide bonds. The van der Waals surface area contributed by atoms with E-state index in [0.29, 0.717) is 17.5 Å². The second-order valence-electron chi connectivity index (χ2n) is 12.8. The topological polar surface area (TPSA) is 38.7 Å². The first kappa shape index (κ1) is 31.0. The van der Waals surface area contributed by atoms with Gasteiger partial charge in [-0.3, -0.25) is 0 Å². The smallest absolute Gasteiger partial charge is 0.164 e. The van der Waals surface area contributed by atoms with E-state index in [-0.39, 0.29) is 0 Å². The molecule has 9 rings (SSSR count). The molecule has 3 heteroatoms. The van der Waals surface area contributed by atoms with Gasteiger partial charge in [0.2, 0.25) is 0 Å². The summed E-state index contributed by atoms with van der Waals surface area (Å²) in [6, 6.07) is 70.1. The van der Waals surface area contributed by atoms with Crippen LogP contribution < -0.4 is 0 Å². The second kappa shape index (κ2) is 13.7. The lowest BCUT2D eigenvalue weighted by atomic mass is 9.84. The van der Waals surface area contributed by atoms with Crippen LogP contribution in [-0.2, 0) is 0 Å². The summed E-state index contributed by atoms with van der Waals surface area (Å²) >= 11 is 0. The predicted octanol–water partition coefficient (Wildman–Crippen LogP) is 12.7. The molecule has 3 nitrogen and oxygen atoms in total. The average molecular weight is 664 g/mol. The summed E-state index contributed by atoms with van der Waals surface area (Å²) in [6.07, 6.45) is 0. The Bertz CT molecular complexity index is 2600. The van der Waals surface area contributed by atoms with Crippen LogP contribution in [0.15, 0.2) is 200 Å². The van der Waals surface area contributed by atoms with Crippen LogP contribution in [-0.4, -0.2) is 15.0 Å². The van der Waals surface area contributed by atoms with E-state index in [0.717, 1.165) is 33.4 Å². The van der Waals surface area contributed by atoms with E-state index in [1.54, 1.807) is 0 Å². The van der Waals surface area contributed by atoms with E-state index < -0.39 is 0 Å². The van der Waals surface area contributed by atoms with Crippen molar-refractivity contribution in [1.82, 2.24) is 15.0 Å². The minimum Gasteiger partial charge on any atom is -0.208 e. The van der Waals surface area contributed by atoms with E-state index in [2.05, 4.69) is 140 Å². The van der Waals surface area contributed by atoms with Gasteiger partial charge in [-0.05, 0) is 61.3 Å². The third-order valence-electron chi connectivity index (χ3n) is 9.56. The van der Waals surface area contributed by atoms with Crippen LogP contribution in [0.4, 0.5) is 0 Å². The van der Waals surface area contributed by atoms with Gasteiger partial charge in [-0.15, -0.1) is 0 Å². The minimum atomic E-state index is 0.634. The second-order valence-corrected chi connectivity index (χ2v) is 12.8. The van der Waals surface area contributed by atoms with Gasteiger partial charge in [0.1, 0.15) is 0 Å². The third-order valence-corrected chi connectivity index (χ3v) is 9.56. The Hall–Kier alpha value is -6.97. The SMILES string of the molecule is c1ccc(-c2nc(-c3ccccc3)nc(-c3cccc(-c4cccc(-c5ccc(-c6ccccc6)c6ccccc56)c4-c4ccccc4)c3)n2)cc1. The maximum absolute atomic E-state index is 5.03. The molecule has 0 bridgehead atoms. The minimum absolute atomic E-state index is 0.634. The van der Waals surface area contributed by atoms with Crippen molar-refractivity contribution in [1.29, 1.82) is 0 Å². The molecule has 0 fully saturated rings. The number of rotatable bonds is 7. The van der Waals surface area contributed by atoms with Crippen molar-refractivity contribution in [3.05, 3.63) is 200 Å². The third kappa shape index (κ3) is 5.95. The molecule has 244 valence electrons. The molecule has 0 spiro atoms. The van der Waals surface area contributed by atoms with Crippen molar-refractivity contribution in [3.8, 4) is 78.7 Å². The van der Waals surface area contributed by atoms with Crippen molar-refractivity contribution in [3.63, 3.8) is 0 Å². The standard InChI is InChI=1S/C49H33N3/c1-5-17-34(18-6-1)40-31-32-44(43-28-14-13-27-42(40)43)45-30-16-29-41(46(45)35-19-7-2-8-20-35)38-25-15-26-39(33-38)49-51-47(36-21-9-3-10-22-36)50-48(52-49)37-23-11-4-12-24-37/h1-33H. The van der Waals surface area contributed by atoms with Gasteiger partial charge >= 0.3 is 0 Å². The highest BCUT2D eigenvalue weighted by Crippen LogP contribution is 2.44. The first-order chi connectivity index (χ1) is 25.8. The van der Waals surface area contributed by atoms with Crippen LogP contribution in [0.5, 0.6) is 0 Å². The summed E-state index contributed by atoms with van der Waals surface area (Å²) in [7, 11) is 0. The van der Waals surface area contributed by atoms with Crippen molar-refractivity contribution < 1.29 is 0 Å². The fourth-order valence-corrected chi connectivity index (χ4v) is 7.10. The van der Waals surface area contributed by atoms with Gasteiger partial charge in [0.05, 0.1) is 0 Å². The van der Waals surface area contributed by atoms with Gasteiger partial charge < -0.3 is 0 Å². The maximum atomic E-state index is 5.03. The van der Waals surface area contributed by atoms with Crippen LogP contribution in [0.1, 0.15) is 0 Å². The van der Waals surface area contributed by atoms with Crippen molar-refractivity contribution in [2.75, 3.05) is 0 Å². The number of aromatic nitrogens is 3. The number of hydrogen-bond donors (Lipinski definition) is 0. The molecule has 0 saturated carbocycles. The summed E-state index contributed by atoms with van der Waals surface area (Å²) in [6.45, 7) is 0. The van der Waals surface area contributed by atoms with Crippen LogP contribution in [0.25, 0.3) is 89.4 Å². The highest BCUT2D eigenvalue weighted by atomic mass is 15.0. The zero-order valence-corrected chi connectivity index (χ0v) is 28.4. The molecule has 0 saturated heterocycles. The lowest BCUT2D eigenvalue weighted by Gasteiger charge is -2.19. The van der Waals surface area contributed by atoms with Crippen molar-refractivity contribution >= 4 is 10.8 Å². The lowest BCUT2D eigenvalue weighted by molar-refractivity contribution is 1.07. The Morgan fingerprint density at radius 2 is 0.635 bits per heavy atom. The van der Waals surface area contributed by atoms with Gasteiger partial charge in [0.25, 0.3) is 0 Å². The highest BCUT2D eigenvalue weighted by molar-refractivity contribution is 6.08. The number of benzene rings is 8. The Kier molecular flexibility index (Phi) is 8.20. The average Bonchev–Trinajstić information content (AvgIpc) is 3.24. The van der Waals surface area contributed by atoms with Gasteiger partial charge in [0, 0.05) is 16.7 Å². The summed E-state index contributed by atoms with van der Waals surface area (Å²) in [5.41, 5.74) is 12.2. The lowest BCUT2D eigenvalue weighted by Crippen LogP contribution is -2.00. The zero-order chi connectivity index (χ0) is 34.7. The number of hydrogen-bond acceptors (Lipinski definition) is 3. The van der Waals surface area contributed by atoms with Crippen molar-refractivity contribution in [2.24, 2.45) is 0 Å². The zero-order valence-electron chi connectivity index (χ0n) is 28.4. The molecular formula is C49H33N3. The van der Waals surface area contributed by atoms with Crippen molar-refractivity contribution in [2.45, 2.75) is 0 Å². The first-order valence-corrected chi connectivity index (χ1v) is 17.5. The predicted molar refractivity (Wildman–Crippen MR) is 215 cm³/mol. The molecule has 1 aromatic heterocycles. The molecule has 0 atom stereocenters. The molecular weight excluding hydrogens is 631 g/mol. The molecule has 0 aliphatic rings. The van der Waals surface area contributed by atoms with Gasteiger partial charge in [0.15, 0.2) is 17.5 Å². The van der Waals surface area contributed by atoms with Crippen LogP contribution in [0.2, 0.25) is 0 Å². The van der Waals surface area contributed by atoms with Gasteiger partial charge in [-0.2, -0.15) is 0 Å². The Balaban J connectivity index is 1.23. The van der Waals surface area contributed by atoms with E-state index in [9.17, 15) is 0 Å². The Labute approximate surface area is 303 Å². The Morgan fingerprint density at radius 1 is 0.231 bits per heavy atom. The van der Waals surface area contributed by atoms with E-state index >= 15 is 0 Å². The quantitative estimate of drug-likeness (QED) is 0.170. The molecule has 0 radical (unpaired) electrons. The highest BCUT2D eigenvalue weighted by Gasteiger charge is 2.18. The molecule has 8 aromatic carbocycles. The molecule has 0 aliphatic carbocycles. The number of fused-ring (bicyclic) bond motifs is 1. The number of nitrogens with zero attached hydrogens (tertiary/aromatic N) is 3. The van der Waals surface area contributed by atoms with E-state index in [1.165, 1.54) is 38.6 Å². The van der Waals surface area contributed by atoms with E-state index in [1.807, 2.05) is 60.7 Å². The largest absolute Gasteiger partial charge is 0.208 e. The monoisotopic (exact) mass is 663 g/mol. The summed E-state index contributed by atoms with van der Waals surface area (Å²) in [4.78, 5) is 15.0. The molecule has 52 heavy (non-hydrogen) atoms. The van der Waals surface area contributed by atoms with Gasteiger partial charge in [-0.25, -0.2) is 15.0 Å². The summed E-state index contributed by atoms with van der Waals surface area (Å²) in [5.74, 6) is 1.93. The molecule has 1 heterocycles. The summed E-state index contributed by atoms with van der Waals surface area (Å²) in [5, 5.41) is 2.45. The van der Waals surface area contributed by atoms with Gasteiger partial charge in [-0.1, -0.05) is 194 Å². The molecule has 9 aromatic rings. The normalized spacial score (nSPS) is 11.1. The fraction of sp³-hybridized carbons (Fsp3) is 0. The first-order valence-electron chi connectivity index (χ1n) is 17.5.